The topological polar surface area (TPSA) is 72.8 Å². The molecule has 4 rings (SSSR count). The lowest BCUT2D eigenvalue weighted by Gasteiger charge is -2.30. The minimum absolute atomic E-state index is 0.0264. The van der Waals surface area contributed by atoms with Gasteiger partial charge in [0.15, 0.2) is 0 Å². The summed E-state index contributed by atoms with van der Waals surface area (Å²) < 4.78 is 11.5. The lowest BCUT2D eigenvalue weighted by Crippen LogP contribution is -2.38. The number of ether oxygens (including phenoxy) is 2. The third-order valence-electron chi connectivity index (χ3n) is 6.47. The maximum Gasteiger partial charge on any atom is 0.338 e. The van der Waals surface area contributed by atoms with E-state index in [0.29, 0.717) is 24.0 Å². The van der Waals surface area contributed by atoms with E-state index in [4.69, 9.17) is 9.47 Å². The van der Waals surface area contributed by atoms with E-state index >= 15 is 0 Å². The number of fused-ring (bicyclic) bond motifs is 3. The first-order valence-electron chi connectivity index (χ1n) is 9.40. The smallest absolute Gasteiger partial charge is 0.338 e. The van der Waals surface area contributed by atoms with Crippen LogP contribution in [0.1, 0.15) is 30.1 Å². The minimum atomic E-state index is -0.552. The van der Waals surface area contributed by atoms with Gasteiger partial charge in [-0.1, -0.05) is 43.9 Å². The SMILES string of the molecule is C=C1CC(OC(=O)c2ccccc2)C2C(=C)C(=O)OC2C2C1CC(O)C2C. The van der Waals surface area contributed by atoms with Gasteiger partial charge in [-0.2, -0.15) is 0 Å². The van der Waals surface area contributed by atoms with Crippen molar-refractivity contribution >= 4 is 11.9 Å². The number of carbonyl (C=O) groups excluding carboxylic acids is 2. The van der Waals surface area contributed by atoms with Crippen LogP contribution in [-0.2, 0) is 14.3 Å². The van der Waals surface area contributed by atoms with Crippen LogP contribution in [0.2, 0.25) is 0 Å². The molecule has 0 spiro atoms. The minimum Gasteiger partial charge on any atom is -0.458 e. The fraction of sp³-hybridized carbons (Fsp3) is 0.455. The van der Waals surface area contributed by atoms with Crippen molar-refractivity contribution in [1.82, 2.24) is 0 Å². The number of benzene rings is 1. The van der Waals surface area contributed by atoms with E-state index in [1.54, 1.807) is 24.3 Å². The lowest BCUT2D eigenvalue weighted by molar-refractivity contribution is -0.143. The van der Waals surface area contributed by atoms with Gasteiger partial charge in [-0.05, 0) is 30.4 Å². The van der Waals surface area contributed by atoms with Gasteiger partial charge in [0.25, 0.3) is 0 Å². The second-order valence-corrected chi connectivity index (χ2v) is 7.94. The van der Waals surface area contributed by atoms with Crippen LogP contribution < -0.4 is 0 Å². The van der Waals surface area contributed by atoms with E-state index in [9.17, 15) is 14.7 Å². The van der Waals surface area contributed by atoms with E-state index in [-0.39, 0.29) is 17.8 Å². The Hall–Kier alpha value is -2.40. The predicted octanol–water partition coefficient (Wildman–Crippen LogP) is 2.90. The Labute approximate surface area is 158 Å². The average Bonchev–Trinajstić information content (AvgIpc) is 3.07. The van der Waals surface area contributed by atoms with Crippen molar-refractivity contribution in [3.8, 4) is 0 Å². The van der Waals surface area contributed by atoms with Crippen molar-refractivity contribution < 1.29 is 24.2 Å². The van der Waals surface area contributed by atoms with Crippen molar-refractivity contribution in [1.29, 1.82) is 0 Å². The van der Waals surface area contributed by atoms with E-state index < -0.39 is 36.2 Å². The van der Waals surface area contributed by atoms with Crippen LogP contribution in [0.5, 0.6) is 0 Å². The molecular weight excluding hydrogens is 344 g/mol. The fourth-order valence-corrected chi connectivity index (χ4v) is 5.01. The molecule has 0 radical (unpaired) electrons. The van der Waals surface area contributed by atoms with E-state index in [1.165, 1.54) is 0 Å². The third kappa shape index (κ3) is 2.90. The summed E-state index contributed by atoms with van der Waals surface area (Å²) in [4.78, 5) is 24.9. The summed E-state index contributed by atoms with van der Waals surface area (Å²) in [6.45, 7) is 10.1. The average molecular weight is 368 g/mol. The van der Waals surface area contributed by atoms with Crippen LogP contribution >= 0.6 is 0 Å². The molecule has 2 saturated carbocycles. The highest BCUT2D eigenvalue weighted by atomic mass is 16.6. The first-order valence-corrected chi connectivity index (χ1v) is 9.40. The molecule has 5 nitrogen and oxygen atoms in total. The molecule has 27 heavy (non-hydrogen) atoms. The molecule has 5 heteroatoms. The molecule has 1 aromatic rings. The molecule has 1 N–H and O–H groups in total. The molecule has 1 saturated heterocycles. The van der Waals surface area contributed by atoms with Crippen LogP contribution in [0, 0.1) is 23.7 Å². The highest BCUT2D eigenvalue weighted by Gasteiger charge is 2.57. The van der Waals surface area contributed by atoms with Gasteiger partial charge in [0.2, 0.25) is 0 Å². The second kappa shape index (κ2) is 6.64. The van der Waals surface area contributed by atoms with Crippen molar-refractivity contribution in [3.63, 3.8) is 0 Å². The van der Waals surface area contributed by atoms with Crippen molar-refractivity contribution in [2.75, 3.05) is 0 Å². The number of hydrogen-bond acceptors (Lipinski definition) is 5. The van der Waals surface area contributed by atoms with Gasteiger partial charge >= 0.3 is 11.9 Å². The highest BCUT2D eigenvalue weighted by Crippen LogP contribution is 2.53. The number of aliphatic hydroxyl groups excluding tert-OH is 1. The van der Waals surface area contributed by atoms with Crippen LogP contribution in [0.25, 0.3) is 0 Å². The third-order valence-corrected chi connectivity index (χ3v) is 6.47. The highest BCUT2D eigenvalue weighted by molar-refractivity contribution is 5.92. The van der Waals surface area contributed by atoms with Crippen LogP contribution in [-0.4, -0.2) is 35.4 Å². The molecule has 1 aliphatic heterocycles. The molecule has 0 bridgehead atoms. The Bertz CT molecular complexity index is 798. The Morgan fingerprint density at radius 2 is 1.96 bits per heavy atom. The van der Waals surface area contributed by atoms with Gasteiger partial charge in [-0.3, -0.25) is 0 Å². The van der Waals surface area contributed by atoms with Crippen molar-refractivity contribution in [2.45, 2.75) is 38.1 Å². The van der Waals surface area contributed by atoms with Gasteiger partial charge in [0.1, 0.15) is 12.2 Å². The first-order chi connectivity index (χ1) is 12.9. The normalized spacial score (nSPS) is 38.0. The standard InChI is InChI=1S/C22H24O5/c1-11-9-17(26-22(25)14-7-5-4-6-8-14)19-13(3)21(24)27-20(19)18-12(2)16(23)10-15(11)18/h4-8,12,15-20,23H,1,3,9-10H2,2H3. The zero-order valence-electron chi connectivity index (χ0n) is 15.3. The van der Waals surface area contributed by atoms with Gasteiger partial charge < -0.3 is 14.6 Å². The van der Waals surface area contributed by atoms with Crippen LogP contribution in [0.4, 0.5) is 0 Å². The van der Waals surface area contributed by atoms with Crippen LogP contribution in [0.3, 0.4) is 0 Å². The molecule has 0 amide bonds. The summed E-state index contributed by atoms with van der Waals surface area (Å²) >= 11 is 0. The van der Waals surface area contributed by atoms with E-state index in [2.05, 4.69) is 13.2 Å². The summed E-state index contributed by atoms with van der Waals surface area (Å²) in [6.07, 6.45) is -0.416. The van der Waals surface area contributed by atoms with Crippen LogP contribution in [0.15, 0.2) is 54.6 Å². The number of aliphatic hydroxyl groups is 1. The Kier molecular flexibility index (Phi) is 4.42. The molecular formula is C22H24O5. The zero-order valence-corrected chi connectivity index (χ0v) is 15.3. The Morgan fingerprint density at radius 3 is 2.67 bits per heavy atom. The zero-order chi connectivity index (χ0) is 19.3. The maximum absolute atomic E-state index is 12.6. The number of esters is 2. The molecule has 7 unspecified atom stereocenters. The maximum atomic E-state index is 12.6. The van der Waals surface area contributed by atoms with E-state index in [0.717, 1.165) is 5.57 Å². The number of rotatable bonds is 2. The summed E-state index contributed by atoms with van der Waals surface area (Å²) in [5, 5.41) is 10.4. The molecule has 142 valence electrons. The van der Waals surface area contributed by atoms with Gasteiger partial charge in [-0.15, -0.1) is 0 Å². The molecule has 3 fully saturated rings. The summed E-state index contributed by atoms with van der Waals surface area (Å²) in [5.74, 6) is -1.31. The molecule has 2 aliphatic carbocycles. The number of hydrogen-bond donors (Lipinski definition) is 1. The van der Waals surface area contributed by atoms with Crippen molar-refractivity contribution in [3.05, 3.63) is 60.2 Å². The largest absolute Gasteiger partial charge is 0.458 e. The van der Waals surface area contributed by atoms with Gasteiger partial charge in [0.05, 0.1) is 17.6 Å². The molecule has 3 aliphatic rings. The summed E-state index contributed by atoms with van der Waals surface area (Å²) in [5.41, 5.74) is 1.74. The summed E-state index contributed by atoms with van der Waals surface area (Å²) in [6, 6.07) is 8.78. The molecule has 0 aromatic heterocycles. The second-order valence-electron chi connectivity index (χ2n) is 7.94. The molecule has 1 aromatic carbocycles. The van der Waals surface area contributed by atoms with Crippen molar-refractivity contribution in [2.24, 2.45) is 23.7 Å². The van der Waals surface area contributed by atoms with Gasteiger partial charge in [-0.25, -0.2) is 9.59 Å². The number of carbonyl (C=O) groups is 2. The summed E-state index contributed by atoms with van der Waals surface area (Å²) in [7, 11) is 0. The Morgan fingerprint density at radius 1 is 1.26 bits per heavy atom. The molecule has 1 heterocycles. The van der Waals surface area contributed by atoms with Gasteiger partial charge in [0, 0.05) is 17.9 Å². The lowest BCUT2D eigenvalue weighted by atomic mass is 9.79. The quantitative estimate of drug-likeness (QED) is 0.494. The predicted molar refractivity (Wildman–Crippen MR) is 98.7 cm³/mol. The molecule has 7 atom stereocenters. The Balaban J connectivity index is 1.67. The van der Waals surface area contributed by atoms with E-state index in [1.807, 2.05) is 13.0 Å². The monoisotopic (exact) mass is 368 g/mol. The first kappa shape index (κ1) is 18.0. The fourth-order valence-electron chi connectivity index (χ4n) is 5.01.